The van der Waals surface area contributed by atoms with Crippen LogP contribution in [0.1, 0.15) is 33.8 Å². The molecule has 4 rings (SSSR count). The Labute approximate surface area is 142 Å². The Bertz CT molecular complexity index is 856. The maximum Gasteiger partial charge on any atom is 0.250 e. The number of aryl methyl sites for hydroxylation is 1. The van der Waals surface area contributed by atoms with Crippen LogP contribution >= 0.6 is 11.3 Å². The van der Waals surface area contributed by atoms with Crippen LogP contribution in [0.15, 0.2) is 24.3 Å². The molecule has 0 unspecified atom stereocenters. The second kappa shape index (κ2) is 6.09. The van der Waals surface area contributed by atoms with Crippen LogP contribution in [-0.4, -0.2) is 23.5 Å². The largest absolute Gasteiger partial charge is 0.454 e. The molecule has 1 aromatic carbocycles. The standard InChI is InChI=1S/C17H14N2O4S/c20-12-3-1-2-11-16(12)24-17(18-11)19-15(21)7-5-10-4-6-13-14(8-10)23-9-22-13/h4-8H,1-3,9H2,(H,18,19,21)/b7-5+. The maximum absolute atomic E-state index is 12.0. The molecule has 1 N–H and O–H groups in total. The monoisotopic (exact) mass is 342 g/mol. The molecule has 1 aliphatic carbocycles. The Morgan fingerprint density at radius 1 is 1.25 bits per heavy atom. The molecule has 2 aliphatic rings. The molecule has 122 valence electrons. The SMILES string of the molecule is O=C(/C=C/c1ccc2c(c1)OCO2)Nc1nc2c(s1)C(=O)CCC2. The number of nitrogens with zero attached hydrogens (tertiary/aromatic N) is 1. The van der Waals surface area contributed by atoms with Gasteiger partial charge in [-0.15, -0.1) is 0 Å². The van der Waals surface area contributed by atoms with E-state index in [2.05, 4.69) is 10.3 Å². The van der Waals surface area contributed by atoms with E-state index in [9.17, 15) is 9.59 Å². The zero-order chi connectivity index (χ0) is 16.5. The van der Waals surface area contributed by atoms with Crippen molar-refractivity contribution in [3.05, 3.63) is 40.4 Å². The lowest BCUT2D eigenvalue weighted by atomic mass is 10.0. The summed E-state index contributed by atoms with van der Waals surface area (Å²) in [6.45, 7) is 0.219. The quantitative estimate of drug-likeness (QED) is 0.868. The van der Waals surface area contributed by atoms with Crippen molar-refractivity contribution in [3.63, 3.8) is 0 Å². The van der Waals surface area contributed by atoms with E-state index in [1.165, 1.54) is 17.4 Å². The lowest BCUT2D eigenvalue weighted by molar-refractivity contribution is -0.111. The maximum atomic E-state index is 12.0. The number of amides is 1. The van der Waals surface area contributed by atoms with Crippen molar-refractivity contribution in [1.29, 1.82) is 0 Å². The van der Waals surface area contributed by atoms with Crippen LogP contribution in [0.2, 0.25) is 0 Å². The van der Waals surface area contributed by atoms with Gasteiger partial charge in [0.1, 0.15) is 0 Å². The number of nitrogens with one attached hydrogen (secondary N) is 1. The van der Waals surface area contributed by atoms with E-state index < -0.39 is 0 Å². The number of benzene rings is 1. The zero-order valence-electron chi connectivity index (χ0n) is 12.7. The number of ketones is 1. The Balaban J connectivity index is 1.44. The lowest BCUT2D eigenvalue weighted by Gasteiger charge is -2.05. The molecule has 0 saturated carbocycles. The van der Waals surface area contributed by atoms with Gasteiger partial charge in [-0.1, -0.05) is 17.4 Å². The molecule has 1 aromatic heterocycles. The molecule has 0 fully saturated rings. The molecule has 1 amide bonds. The highest BCUT2D eigenvalue weighted by molar-refractivity contribution is 7.17. The summed E-state index contributed by atoms with van der Waals surface area (Å²) in [7, 11) is 0. The summed E-state index contributed by atoms with van der Waals surface area (Å²) >= 11 is 1.25. The summed E-state index contributed by atoms with van der Waals surface area (Å²) in [6, 6.07) is 5.46. The van der Waals surface area contributed by atoms with Crippen LogP contribution in [0.5, 0.6) is 11.5 Å². The molecule has 0 bridgehead atoms. The van der Waals surface area contributed by atoms with Gasteiger partial charge in [-0.05, 0) is 36.6 Å². The minimum atomic E-state index is -0.286. The van der Waals surface area contributed by atoms with E-state index in [4.69, 9.17) is 9.47 Å². The molecule has 24 heavy (non-hydrogen) atoms. The van der Waals surface area contributed by atoms with Gasteiger partial charge in [0, 0.05) is 12.5 Å². The number of rotatable bonds is 3. The molecule has 7 heteroatoms. The number of hydrogen-bond donors (Lipinski definition) is 1. The zero-order valence-corrected chi connectivity index (χ0v) is 13.5. The molecule has 2 heterocycles. The second-order valence-corrected chi connectivity index (χ2v) is 6.51. The predicted octanol–water partition coefficient (Wildman–Crippen LogP) is 3.04. The number of aromatic nitrogens is 1. The number of fused-ring (bicyclic) bond motifs is 2. The summed E-state index contributed by atoms with van der Waals surface area (Å²) in [4.78, 5) is 28.9. The van der Waals surface area contributed by atoms with Gasteiger partial charge < -0.3 is 9.47 Å². The number of carbonyl (C=O) groups excluding carboxylic acids is 2. The van der Waals surface area contributed by atoms with Gasteiger partial charge in [0.25, 0.3) is 0 Å². The molecular weight excluding hydrogens is 328 g/mol. The van der Waals surface area contributed by atoms with Crippen LogP contribution < -0.4 is 14.8 Å². The second-order valence-electron chi connectivity index (χ2n) is 5.51. The molecule has 0 atom stereocenters. The van der Waals surface area contributed by atoms with Crippen molar-refractivity contribution in [2.45, 2.75) is 19.3 Å². The number of anilines is 1. The molecule has 0 radical (unpaired) electrons. The van der Waals surface area contributed by atoms with Crippen LogP contribution in [-0.2, 0) is 11.2 Å². The van der Waals surface area contributed by atoms with E-state index in [1.54, 1.807) is 12.1 Å². The third kappa shape index (κ3) is 2.90. The minimum absolute atomic E-state index is 0.116. The normalized spacial score (nSPS) is 15.6. The summed E-state index contributed by atoms with van der Waals surface area (Å²) in [5.41, 5.74) is 1.63. The van der Waals surface area contributed by atoms with Gasteiger partial charge in [-0.2, -0.15) is 0 Å². The number of Topliss-reactive ketones (excluding diaryl/α,β-unsaturated/α-hetero) is 1. The Hall–Kier alpha value is -2.67. The first-order valence-corrected chi connectivity index (χ1v) is 8.42. The van der Waals surface area contributed by atoms with E-state index >= 15 is 0 Å². The van der Waals surface area contributed by atoms with Crippen molar-refractivity contribution in [2.75, 3.05) is 12.1 Å². The summed E-state index contributed by atoms with van der Waals surface area (Å²) in [5.74, 6) is 1.20. The van der Waals surface area contributed by atoms with Gasteiger partial charge >= 0.3 is 0 Å². The Morgan fingerprint density at radius 2 is 2.12 bits per heavy atom. The summed E-state index contributed by atoms with van der Waals surface area (Å²) in [6.07, 6.45) is 5.30. The predicted molar refractivity (Wildman–Crippen MR) is 89.6 cm³/mol. The lowest BCUT2D eigenvalue weighted by Crippen LogP contribution is -2.08. The van der Waals surface area contributed by atoms with E-state index in [0.29, 0.717) is 27.9 Å². The van der Waals surface area contributed by atoms with E-state index in [0.717, 1.165) is 24.1 Å². The first-order chi connectivity index (χ1) is 11.7. The van der Waals surface area contributed by atoms with Crippen molar-refractivity contribution >= 4 is 34.2 Å². The third-order valence-corrected chi connectivity index (χ3v) is 4.88. The molecular formula is C17H14N2O4S. The van der Waals surface area contributed by atoms with Crippen molar-refractivity contribution < 1.29 is 19.1 Å². The van der Waals surface area contributed by atoms with E-state index in [-0.39, 0.29) is 18.5 Å². The van der Waals surface area contributed by atoms with Crippen LogP contribution in [0, 0.1) is 0 Å². The first kappa shape index (κ1) is 14.9. The van der Waals surface area contributed by atoms with Crippen LogP contribution in [0.3, 0.4) is 0 Å². The molecule has 2 aromatic rings. The topological polar surface area (TPSA) is 77.5 Å². The van der Waals surface area contributed by atoms with E-state index in [1.807, 2.05) is 12.1 Å². The Morgan fingerprint density at radius 3 is 3.00 bits per heavy atom. The minimum Gasteiger partial charge on any atom is -0.454 e. The fourth-order valence-electron chi connectivity index (χ4n) is 2.66. The molecule has 1 aliphatic heterocycles. The van der Waals surface area contributed by atoms with Crippen molar-refractivity contribution in [1.82, 2.24) is 4.98 Å². The fourth-order valence-corrected chi connectivity index (χ4v) is 3.64. The number of carbonyl (C=O) groups is 2. The molecule has 0 saturated heterocycles. The number of thiazole rings is 1. The van der Waals surface area contributed by atoms with Gasteiger partial charge in [-0.3, -0.25) is 14.9 Å². The smallest absolute Gasteiger partial charge is 0.250 e. The summed E-state index contributed by atoms with van der Waals surface area (Å²) < 4.78 is 10.5. The van der Waals surface area contributed by atoms with Gasteiger partial charge in [-0.25, -0.2) is 4.98 Å². The highest BCUT2D eigenvalue weighted by Crippen LogP contribution is 2.33. The third-order valence-electron chi connectivity index (χ3n) is 3.82. The fraction of sp³-hybridized carbons (Fsp3) is 0.235. The Kier molecular flexibility index (Phi) is 3.78. The van der Waals surface area contributed by atoms with Crippen molar-refractivity contribution in [3.8, 4) is 11.5 Å². The first-order valence-electron chi connectivity index (χ1n) is 7.61. The van der Waals surface area contributed by atoms with Crippen LogP contribution in [0.4, 0.5) is 5.13 Å². The van der Waals surface area contributed by atoms with Gasteiger partial charge in [0.05, 0.1) is 10.6 Å². The van der Waals surface area contributed by atoms with Gasteiger partial charge in [0.2, 0.25) is 12.7 Å². The number of hydrogen-bond acceptors (Lipinski definition) is 6. The molecule has 6 nitrogen and oxygen atoms in total. The van der Waals surface area contributed by atoms with Gasteiger partial charge in [0.15, 0.2) is 22.4 Å². The average molecular weight is 342 g/mol. The average Bonchev–Trinajstić information content (AvgIpc) is 3.19. The summed E-state index contributed by atoms with van der Waals surface area (Å²) in [5, 5.41) is 3.18. The molecule has 0 spiro atoms. The highest BCUT2D eigenvalue weighted by Gasteiger charge is 2.22. The highest BCUT2D eigenvalue weighted by atomic mass is 32.1. The number of ether oxygens (including phenoxy) is 2. The van der Waals surface area contributed by atoms with Crippen molar-refractivity contribution in [2.24, 2.45) is 0 Å². The van der Waals surface area contributed by atoms with Crippen LogP contribution in [0.25, 0.3) is 6.08 Å².